The standard InChI is InChI=1S/C10H15NO/c1-9-2-4-10(5-3-9)8-12-7-6-11/h2-5H,6-8,11H2,1H3. The van der Waals surface area contributed by atoms with Crippen LogP contribution in [0.4, 0.5) is 0 Å². The Morgan fingerprint density at radius 1 is 1.25 bits per heavy atom. The van der Waals surface area contributed by atoms with E-state index in [0.29, 0.717) is 19.8 Å². The number of ether oxygens (including phenoxy) is 1. The molecular weight excluding hydrogens is 150 g/mol. The molecule has 0 aliphatic rings. The molecule has 12 heavy (non-hydrogen) atoms. The molecule has 0 aliphatic carbocycles. The zero-order valence-electron chi connectivity index (χ0n) is 7.42. The van der Waals surface area contributed by atoms with Crippen molar-refractivity contribution >= 4 is 0 Å². The third-order valence-corrected chi connectivity index (χ3v) is 1.65. The smallest absolute Gasteiger partial charge is 0.0717 e. The maximum Gasteiger partial charge on any atom is 0.0717 e. The molecule has 0 bridgehead atoms. The lowest BCUT2D eigenvalue weighted by Crippen LogP contribution is -2.08. The first-order valence-corrected chi connectivity index (χ1v) is 4.16. The molecule has 0 radical (unpaired) electrons. The minimum Gasteiger partial charge on any atom is -0.375 e. The summed E-state index contributed by atoms with van der Waals surface area (Å²) >= 11 is 0. The molecule has 0 saturated carbocycles. The first-order valence-electron chi connectivity index (χ1n) is 4.16. The van der Waals surface area contributed by atoms with Gasteiger partial charge in [0.25, 0.3) is 0 Å². The van der Waals surface area contributed by atoms with Crippen molar-refractivity contribution in [1.82, 2.24) is 0 Å². The lowest BCUT2D eigenvalue weighted by molar-refractivity contribution is 0.128. The Balaban J connectivity index is 2.37. The van der Waals surface area contributed by atoms with E-state index in [2.05, 4.69) is 31.2 Å². The van der Waals surface area contributed by atoms with E-state index in [1.807, 2.05) is 0 Å². The highest BCUT2D eigenvalue weighted by Gasteiger charge is 1.91. The zero-order chi connectivity index (χ0) is 8.81. The van der Waals surface area contributed by atoms with Crippen molar-refractivity contribution in [3.05, 3.63) is 35.4 Å². The van der Waals surface area contributed by atoms with Gasteiger partial charge in [0.15, 0.2) is 0 Å². The molecule has 2 heteroatoms. The van der Waals surface area contributed by atoms with Crippen LogP contribution in [-0.2, 0) is 11.3 Å². The highest BCUT2D eigenvalue weighted by Crippen LogP contribution is 2.03. The van der Waals surface area contributed by atoms with Crippen molar-refractivity contribution in [3.8, 4) is 0 Å². The van der Waals surface area contributed by atoms with Gasteiger partial charge in [-0.2, -0.15) is 0 Å². The normalized spacial score (nSPS) is 10.2. The summed E-state index contributed by atoms with van der Waals surface area (Å²) in [7, 11) is 0. The van der Waals surface area contributed by atoms with Gasteiger partial charge in [-0.15, -0.1) is 0 Å². The Kier molecular flexibility index (Phi) is 3.77. The van der Waals surface area contributed by atoms with Crippen LogP contribution in [0.3, 0.4) is 0 Å². The van der Waals surface area contributed by atoms with E-state index in [1.165, 1.54) is 11.1 Å². The van der Waals surface area contributed by atoms with Crippen molar-refractivity contribution in [2.24, 2.45) is 5.73 Å². The Morgan fingerprint density at radius 3 is 2.50 bits per heavy atom. The summed E-state index contributed by atoms with van der Waals surface area (Å²) in [4.78, 5) is 0. The van der Waals surface area contributed by atoms with Crippen LogP contribution >= 0.6 is 0 Å². The Hall–Kier alpha value is -0.860. The fourth-order valence-corrected chi connectivity index (χ4v) is 0.958. The summed E-state index contributed by atoms with van der Waals surface area (Å²) in [5.74, 6) is 0. The second kappa shape index (κ2) is 4.91. The summed E-state index contributed by atoms with van der Waals surface area (Å²) in [6.07, 6.45) is 0. The highest BCUT2D eigenvalue weighted by atomic mass is 16.5. The molecule has 1 aromatic rings. The van der Waals surface area contributed by atoms with Gasteiger partial charge in [0.05, 0.1) is 13.2 Å². The first-order chi connectivity index (χ1) is 5.83. The van der Waals surface area contributed by atoms with Crippen LogP contribution in [0, 0.1) is 6.92 Å². The van der Waals surface area contributed by atoms with E-state index in [9.17, 15) is 0 Å². The average Bonchev–Trinajstić information content (AvgIpc) is 2.09. The quantitative estimate of drug-likeness (QED) is 0.686. The SMILES string of the molecule is Cc1ccc(COCCN)cc1. The topological polar surface area (TPSA) is 35.2 Å². The van der Waals surface area contributed by atoms with Gasteiger partial charge in [-0.1, -0.05) is 29.8 Å². The van der Waals surface area contributed by atoms with Crippen molar-refractivity contribution < 1.29 is 4.74 Å². The van der Waals surface area contributed by atoms with E-state index >= 15 is 0 Å². The van der Waals surface area contributed by atoms with Crippen LogP contribution in [0.5, 0.6) is 0 Å². The second-order valence-electron chi connectivity index (χ2n) is 2.83. The van der Waals surface area contributed by atoms with Gasteiger partial charge in [0.2, 0.25) is 0 Å². The van der Waals surface area contributed by atoms with Crippen molar-refractivity contribution in [2.45, 2.75) is 13.5 Å². The molecule has 0 heterocycles. The number of aryl methyl sites for hydroxylation is 1. The minimum absolute atomic E-state index is 0.589. The number of hydrogen-bond acceptors (Lipinski definition) is 2. The second-order valence-corrected chi connectivity index (χ2v) is 2.83. The van der Waals surface area contributed by atoms with E-state index in [0.717, 1.165) is 0 Å². The fraction of sp³-hybridized carbons (Fsp3) is 0.400. The van der Waals surface area contributed by atoms with E-state index in [4.69, 9.17) is 10.5 Å². The van der Waals surface area contributed by atoms with Gasteiger partial charge in [0.1, 0.15) is 0 Å². The van der Waals surface area contributed by atoms with Crippen LogP contribution in [0.1, 0.15) is 11.1 Å². The minimum atomic E-state index is 0.589. The molecule has 2 N–H and O–H groups in total. The molecule has 0 amide bonds. The van der Waals surface area contributed by atoms with Crippen LogP contribution in [0.2, 0.25) is 0 Å². The molecule has 0 unspecified atom stereocenters. The van der Waals surface area contributed by atoms with E-state index in [-0.39, 0.29) is 0 Å². The van der Waals surface area contributed by atoms with E-state index in [1.54, 1.807) is 0 Å². The maximum absolute atomic E-state index is 5.29. The van der Waals surface area contributed by atoms with Crippen LogP contribution in [-0.4, -0.2) is 13.2 Å². The summed E-state index contributed by atoms with van der Waals surface area (Å²) in [5.41, 5.74) is 7.77. The van der Waals surface area contributed by atoms with Gasteiger partial charge in [0, 0.05) is 6.54 Å². The van der Waals surface area contributed by atoms with Gasteiger partial charge >= 0.3 is 0 Å². The van der Waals surface area contributed by atoms with Gasteiger partial charge in [-0.3, -0.25) is 0 Å². The van der Waals surface area contributed by atoms with Crippen molar-refractivity contribution in [2.75, 3.05) is 13.2 Å². The zero-order valence-corrected chi connectivity index (χ0v) is 7.42. The summed E-state index contributed by atoms with van der Waals surface area (Å²) < 4.78 is 5.28. The first kappa shape index (κ1) is 9.23. The van der Waals surface area contributed by atoms with Crippen LogP contribution in [0.15, 0.2) is 24.3 Å². The fourth-order valence-electron chi connectivity index (χ4n) is 0.958. The van der Waals surface area contributed by atoms with E-state index < -0.39 is 0 Å². The van der Waals surface area contributed by atoms with Crippen molar-refractivity contribution in [3.63, 3.8) is 0 Å². The largest absolute Gasteiger partial charge is 0.375 e. The lowest BCUT2D eigenvalue weighted by atomic mass is 10.2. The van der Waals surface area contributed by atoms with Gasteiger partial charge < -0.3 is 10.5 Å². The predicted octanol–water partition coefficient (Wildman–Crippen LogP) is 1.47. The third kappa shape index (κ3) is 3.03. The molecule has 0 saturated heterocycles. The van der Waals surface area contributed by atoms with Crippen LogP contribution < -0.4 is 5.73 Å². The average molecular weight is 165 g/mol. The Labute approximate surface area is 73.3 Å². The lowest BCUT2D eigenvalue weighted by Gasteiger charge is -2.02. The number of benzene rings is 1. The predicted molar refractivity (Wildman–Crippen MR) is 49.9 cm³/mol. The molecule has 0 aromatic heterocycles. The van der Waals surface area contributed by atoms with Gasteiger partial charge in [-0.25, -0.2) is 0 Å². The molecule has 2 nitrogen and oxygen atoms in total. The molecular formula is C10H15NO. The molecule has 0 aliphatic heterocycles. The molecule has 66 valence electrons. The Bertz CT molecular complexity index is 218. The molecule has 0 fully saturated rings. The maximum atomic E-state index is 5.29. The monoisotopic (exact) mass is 165 g/mol. The molecule has 1 rings (SSSR count). The summed E-state index contributed by atoms with van der Waals surface area (Å²) in [6, 6.07) is 8.32. The molecule has 0 atom stereocenters. The number of rotatable bonds is 4. The number of hydrogen-bond donors (Lipinski definition) is 1. The molecule has 0 spiro atoms. The molecule has 1 aromatic carbocycles. The Morgan fingerprint density at radius 2 is 1.92 bits per heavy atom. The third-order valence-electron chi connectivity index (χ3n) is 1.65. The van der Waals surface area contributed by atoms with Gasteiger partial charge in [-0.05, 0) is 12.5 Å². The number of nitrogens with two attached hydrogens (primary N) is 1. The highest BCUT2D eigenvalue weighted by molar-refractivity contribution is 5.20. The van der Waals surface area contributed by atoms with Crippen LogP contribution in [0.25, 0.3) is 0 Å². The van der Waals surface area contributed by atoms with Crippen molar-refractivity contribution in [1.29, 1.82) is 0 Å². The summed E-state index contributed by atoms with van der Waals surface area (Å²) in [5, 5.41) is 0. The summed E-state index contributed by atoms with van der Waals surface area (Å²) in [6.45, 7) is 3.96.